The number of rotatable bonds is 6. The number of alkyl halides is 3. The van der Waals surface area contributed by atoms with E-state index < -0.39 is 33.5 Å². The Morgan fingerprint density at radius 3 is 2.29 bits per heavy atom. The number of amides is 1. The molecule has 0 heterocycles. The van der Waals surface area contributed by atoms with E-state index in [9.17, 15) is 26.4 Å². The van der Waals surface area contributed by atoms with Gasteiger partial charge in [-0.15, -0.1) is 0 Å². The Labute approximate surface area is 197 Å². The molecule has 34 heavy (non-hydrogen) atoms. The van der Waals surface area contributed by atoms with E-state index in [0.717, 1.165) is 12.8 Å². The van der Waals surface area contributed by atoms with E-state index >= 15 is 0 Å². The highest BCUT2D eigenvalue weighted by atomic mass is 32.2. The Balaban J connectivity index is 1.83. The maximum absolute atomic E-state index is 14.0. The predicted octanol–water partition coefficient (Wildman–Crippen LogP) is 5.46. The molecule has 3 rings (SSSR count). The van der Waals surface area contributed by atoms with Crippen molar-refractivity contribution in [3.8, 4) is 5.75 Å². The Morgan fingerprint density at radius 1 is 1.09 bits per heavy atom. The van der Waals surface area contributed by atoms with Crippen molar-refractivity contribution in [2.24, 2.45) is 11.3 Å². The molecule has 0 spiro atoms. The van der Waals surface area contributed by atoms with E-state index in [0.29, 0.717) is 18.8 Å². The zero-order chi connectivity index (χ0) is 25.3. The van der Waals surface area contributed by atoms with Gasteiger partial charge in [-0.2, -0.15) is 21.6 Å². The monoisotopic (exact) mass is 501 g/mol. The third-order valence-corrected chi connectivity index (χ3v) is 7.09. The summed E-state index contributed by atoms with van der Waals surface area (Å²) in [6, 6.07) is 6.56. The smallest absolute Gasteiger partial charge is 0.420 e. The van der Waals surface area contributed by atoms with Gasteiger partial charge in [0.05, 0.1) is 11.9 Å². The summed E-state index contributed by atoms with van der Waals surface area (Å²) in [6.45, 7) is 6.20. The summed E-state index contributed by atoms with van der Waals surface area (Å²) in [4.78, 5) is 12.2. The van der Waals surface area contributed by atoms with Gasteiger partial charge in [-0.3, -0.25) is 9.35 Å². The van der Waals surface area contributed by atoms with Gasteiger partial charge in [-0.25, -0.2) is 0 Å². The number of hydrogen-bond donors (Lipinski definition) is 2. The van der Waals surface area contributed by atoms with Crippen LogP contribution in [0.3, 0.4) is 0 Å². The molecule has 1 amide bonds. The quantitative estimate of drug-likeness (QED) is 0.513. The molecule has 0 unspecified atom stereocenters. The largest absolute Gasteiger partial charge is 0.490 e. The van der Waals surface area contributed by atoms with Crippen molar-refractivity contribution in [1.82, 2.24) is 5.32 Å². The van der Waals surface area contributed by atoms with E-state index in [2.05, 4.69) is 26.1 Å². The van der Waals surface area contributed by atoms with Crippen LogP contribution in [0.5, 0.6) is 5.75 Å². The van der Waals surface area contributed by atoms with E-state index in [-0.39, 0.29) is 40.1 Å². The fraction of sp³-hybridized carbons (Fsp3) is 0.542. The molecule has 10 heteroatoms. The van der Waals surface area contributed by atoms with Crippen LogP contribution in [0, 0.1) is 11.3 Å². The van der Waals surface area contributed by atoms with Crippen molar-refractivity contribution in [2.75, 3.05) is 12.3 Å². The van der Waals surface area contributed by atoms with Gasteiger partial charge in [-0.05, 0) is 66.0 Å². The molecule has 0 aliphatic heterocycles. The molecule has 0 bridgehead atoms. The predicted molar refractivity (Wildman–Crippen MR) is 124 cm³/mol. The van der Waals surface area contributed by atoms with E-state index in [1.165, 1.54) is 30.3 Å². The molecule has 1 aliphatic carbocycles. The number of carbonyl (C=O) groups excluding carboxylic acids is 1. The molecule has 1 fully saturated rings. The molecule has 1 saturated carbocycles. The summed E-state index contributed by atoms with van der Waals surface area (Å²) in [5.74, 6) is -1.03. The molecule has 6 nitrogen and oxygen atoms in total. The first kappa shape index (κ1) is 26.3. The van der Waals surface area contributed by atoms with Crippen LogP contribution in [0.2, 0.25) is 0 Å². The fourth-order valence-corrected chi connectivity index (χ4v) is 4.82. The van der Waals surface area contributed by atoms with Gasteiger partial charge < -0.3 is 10.1 Å². The van der Waals surface area contributed by atoms with E-state index in [4.69, 9.17) is 9.29 Å². The lowest BCUT2D eigenvalue weighted by Crippen LogP contribution is -2.31. The SMILES string of the molecule is CC(C)(C)[C@H]1CC[C@H](Oc2ccc3cc(C(=O)NCCS(=O)(=O)O)ccc3c2C(F)(F)F)CC1. The second-order valence-electron chi connectivity index (χ2n) is 9.87. The summed E-state index contributed by atoms with van der Waals surface area (Å²) in [6.07, 6.45) is -1.75. The number of carbonyl (C=O) groups is 1. The van der Waals surface area contributed by atoms with Crippen molar-refractivity contribution in [3.63, 3.8) is 0 Å². The van der Waals surface area contributed by atoms with Crippen LogP contribution in [0.1, 0.15) is 62.4 Å². The second-order valence-corrected chi connectivity index (χ2v) is 11.4. The average molecular weight is 502 g/mol. The minimum absolute atomic E-state index is 0.0742. The number of fused-ring (bicyclic) bond motifs is 1. The van der Waals surface area contributed by atoms with Crippen LogP contribution >= 0.6 is 0 Å². The summed E-state index contributed by atoms with van der Waals surface area (Å²) in [5.41, 5.74) is -0.645. The minimum Gasteiger partial charge on any atom is -0.490 e. The van der Waals surface area contributed by atoms with Crippen LogP contribution in [-0.2, 0) is 16.3 Å². The van der Waals surface area contributed by atoms with Gasteiger partial charge in [0, 0.05) is 12.1 Å². The van der Waals surface area contributed by atoms with Crippen LogP contribution in [0.4, 0.5) is 13.2 Å². The first-order valence-electron chi connectivity index (χ1n) is 11.2. The van der Waals surface area contributed by atoms with E-state index in [1.54, 1.807) is 0 Å². The van der Waals surface area contributed by atoms with Crippen molar-refractivity contribution < 1.29 is 35.7 Å². The van der Waals surface area contributed by atoms with Gasteiger partial charge in [0.25, 0.3) is 16.0 Å². The first-order chi connectivity index (χ1) is 15.6. The number of ether oxygens (including phenoxy) is 1. The number of benzene rings is 2. The standard InChI is InChI=1S/C24H30F3NO5S/c1-23(2,3)17-6-8-18(9-7-17)33-20-11-5-15-14-16(22(29)28-12-13-34(30,31)32)4-10-19(15)21(20)24(25,26)27/h4-5,10-11,14,17-18H,6-9,12-13H2,1-3H3,(H,28,29)(H,30,31,32)/t17-,18-. The van der Waals surface area contributed by atoms with Crippen molar-refractivity contribution in [1.29, 1.82) is 0 Å². The lowest BCUT2D eigenvalue weighted by atomic mass is 9.72. The number of hydrogen-bond acceptors (Lipinski definition) is 4. The molecule has 2 aromatic carbocycles. The molecular formula is C24H30F3NO5S. The van der Waals surface area contributed by atoms with Crippen molar-refractivity contribution in [2.45, 2.75) is 58.7 Å². The van der Waals surface area contributed by atoms with Gasteiger partial charge in [0.15, 0.2) is 0 Å². The Bertz CT molecular complexity index is 1150. The number of nitrogens with one attached hydrogen (secondary N) is 1. The summed E-state index contributed by atoms with van der Waals surface area (Å²) in [5, 5.41) is 2.45. The molecule has 1 aliphatic rings. The second kappa shape index (κ2) is 9.73. The summed E-state index contributed by atoms with van der Waals surface area (Å²) in [7, 11) is -4.24. The summed E-state index contributed by atoms with van der Waals surface area (Å²) >= 11 is 0. The third kappa shape index (κ3) is 6.63. The van der Waals surface area contributed by atoms with Crippen LogP contribution in [0.15, 0.2) is 30.3 Å². The zero-order valence-electron chi connectivity index (χ0n) is 19.4. The van der Waals surface area contributed by atoms with Crippen LogP contribution < -0.4 is 10.1 Å². The van der Waals surface area contributed by atoms with Crippen LogP contribution in [0.25, 0.3) is 10.8 Å². The lowest BCUT2D eigenvalue weighted by Gasteiger charge is -2.37. The lowest BCUT2D eigenvalue weighted by molar-refractivity contribution is -0.138. The molecular weight excluding hydrogens is 471 g/mol. The molecule has 188 valence electrons. The van der Waals surface area contributed by atoms with E-state index in [1.807, 2.05) is 0 Å². The van der Waals surface area contributed by atoms with Gasteiger partial charge in [0.1, 0.15) is 11.3 Å². The average Bonchev–Trinajstić information content (AvgIpc) is 2.71. The Morgan fingerprint density at radius 2 is 1.74 bits per heavy atom. The zero-order valence-corrected chi connectivity index (χ0v) is 20.2. The van der Waals surface area contributed by atoms with Crippen LogP contribution in [-0.4, -0.2) is 37.3 Å². The van der Waals surface area contributed by atoms with Gasteiger partial charge in [-0.1, -0.05) is 32.9 Å². The highest BCUT2D eigenvalue weighted by molar-refractivity contribution is 7.85. The topological polar surface area (TPSA) is 92.7 Å². The maximum Gasteiger partial charge on any atom is 0.420 e. The number of halogens is 3. The molecule has 2 aromatic rings. The maximum atomic E-state index is 14.0. The molecule has 0 atom stereocenters. The fourth-order valence-electron chi connectivity index (χ4n) is 4.46. The molecule has 0 radical (unpaired) electrons. The van der Waals surface area contributed by atoms with Crippen molar-refractivity contribution in [3.05, 3.63) is 41.5 Å². The van der Waals surface area contributed by atoms with Gasteiger partial charge in [0.2, 0.25) is 0 Å². The molecule has 0 aromatic heterocycles. The highest BCUT2D eigenvalue weighted by Gasteiger charge is 2.38. The normalized spacial score (nSPS) is 19.7. The minimum atomic E-state index is -4.66. The summed E-state index contributed by atoms with van der Waals surface area (Å²) < 4.78 is 78.3. The third-order valence-electron chi connectivity index (χ3n) is 6.37. The Hall–Kier alpha value is -2.33. The molecule has 2 N–H and O–H groups in total. The highest BCUT2D eigenvalue weighted by Crippen LogP contribution is 2.44. The Kier molecular flexibility index (Phi) is 7.52. The first-order valence-corrected chi connectivity index (χ1v) is 12.8. The van der Waals surface area contributed by atoms with Crippen molar-refractivity contribution >= 4 is 26.8 Å². The van der Waals surface area contributed by atoms with Gasteiger partial charge >= 0.3 is 6.18 Å². The molecule has 0 saturated heterocycles.